The highest BCUT2D eigenvalue weighted by Gasteiger charge is 2.28. The minimum atomic E-state index is -0.0583. The molecule has 148 valence electrons. The van der Waals surface area contributed by atoms with E-state index >= 15 is 0 Å². The van der Waals surface area contributed by atoms with Crippen molar-refractivity contribution in [3.8, 4) is 0 Å². The maximum atomic E-state index is 12.7. The number of nitrogens with zero attached hydrogens (tertiary/aromatic N) is 4. The topological polar surface area (TPSA) is 71.0 Å². The van der Waals surface area contributed by atoms with E-state index in [9.17, 15) is 4.79 Å². The van der Waals surface area contributed by atoms with Crippen molar-refractivity contribution in [1.29, 1.82) is 0 Å². The quantitative estimate of drug-likeness (QED) is 0.676. The van der Waals surface area contributed by atoms with Gasteiger partial charge in [0.05, 0.1) is 5.92 Å². The van der Waals surface area contributed by atoms with Gasteiger partial charge in [-0.2, -0.15) is 0 Å². The second-order valence-electron chi connectivity index (χ2n) is 6.96. The monoisotopic (exact) mass is 405 g/mol. The standard InChI is InChI=1S/C22H23N5OS/c28-21(26-15-17-6-4-10-23-14-17)18-7-5-13-27(16-18)20-22(25-12-11-24-20)29-19-8-2-1-3-9-19/h1-4,6,8-12,14,18H,5,7,13,15-16H2,(H,26,28). The first kappa shape index (κ1) is 19.4. The SMILES string of the molecule is O=C(NCc1cccnc1)C1CCCN(c2nccnc2Sc2ccccc2)C1. The fraction of sp³-hybridized carbons (Fsp3) is 0.273. The van der Waals surface area contributed by atoms with Gasteiger partial charge >= 0.3 is 0 Å². The van der Waals surface area contributed by atoms with E-state index in [1.54, 1.807) is 36.5 Å². The number of amides is 1. The molecule has 1 N–H and O–H groups in total. The van der Waals surface area contributed by atoms with Gasteiger partial charge in [-0.15, -0.1) is 0 Å². The van der Waals surface area contributed by atoms with Crippen molar-refractivity contribution < 1.29 is 4.79 Å². The van der Waals surface area contributed by atoms with E-state index in [4.69, 9.17) is 0 Å². The van der Waals surface area contributed by atoms with Crippen LogP contribution in [-0.4, -0.2) is 33.9 Å². The van der Waals surface area contributed by atoms with E-state index in [0.717, 1.165) is 40.7 Å². The molecule has 3 aromatic rings. The molecule has 1 unspecified atom stereocenters. The molecule has 2 aromatic heterocycles. The Labute approximate surface area is 174 Å². The first-order valence-corrected chi connectivity index (χ1v) is 10.6. The van der Waals surface area contributed by atoms with Gasteiger partial charge in [-0.25, -0.2) is 9.97 Å². The van der Waals surface area contributed by atoms with Crippen molar-refractivity contribution in [2.45, 2.75) is 29.3 Å². The minimum Gasteiger partial charge on any atom is -0.354 e. The van der Waals surface area contributed by atoms with Crippen LogP contribution in [0.15, 0.2) is 77.2 Å². The second-order valence-corrected chi connectivity index (χ2v) is 8.03. The molecule has 29 heavy (non-hydrogen) atoms. The number of nitrogens with one attached hydrogen (secondary N) is 1. The molecule has 1 fully saturated rings. The zero-order valence-electron chi connectivity index (χ0n) is 16.1. The van der Waals surface area contributed by atoms with E-state index in [-0.39, 0.29) is 11.8 Å². The van der Waals surface area contributed by atoms with Gasteiger partial charge in [0.1, 0.15) is 5.03 Å². The third-order valence-corrected chi connectivity index (χ3v) is 5.87. The largest absolute Gasteiger partial charge is 0.354 e. The van der Waals surface area contributed by atoms with Gasteiger partial charge < -0.3 is 10.2 Å². The first-order valence-electron chi connectivity index (χ1n) is 9.75. The number of piperidine rings is 1. The third-order valence-electron chi connectivity index (χ3n) is 4.89. The lowest BCUT2D eigenvalue weighted by atomic mass is 9.97. The summed E-state index contributed by atoms with van der Waals surface area (Å²) in [4.78, 5) is 29.3. The van der Waals surface area contributed by atoms with Crippen LogP contribution in [0.3, 0.4) is 0 Å². The zero-order chi connectivity index (χ0) is 19.9. The predicted octanol–water partition coefficient (Wildman–Crippen LogP) is 3.56. The third kappa shape index (κ3) is 5.12. The molecule has 1 aromatic carbocycles. The molecule has 1 aliphatic heterocycles. The molecule has 1 atom stereocenters. The predicted molar refractivity (Wildman–Crippen MR) is 114 cm³/mol. The van der Waals surface area contributed by atoms with Crippen LogP contribution in [0.4, 0.5) is 5.82 Å². The number of anilines is 1. The number of benzene rings is 1. The fourth-order valence-corrected chi connectivity index (χ4v) is 4.33. The molecule has 7 heteroatoms. The molecular weight excluding hydrogens is 382 g/mol. The van der Waals surface area contributed by atoms with Crippen LogP contribution in [0.5, 0.6) is 0 Å². The summed E-state index contributed by atoms with van der Waals surface area (Å²) in [5.74, 6) is 0.878. The molecule has 3 heterocycles. The molecule has 1 saturated heterocycles. The maximum absolute atomic E-state index is 12.7. The number of rotatable bonds is 6. The summed E-state index contributed by atoms with van der Waals surface area (Å²) < 4.78 is 0. The molecule has 0 spiro atoms. The van der Waals surface area contributed by atoms with Crippen molar-refractivity contribution in [3.05, 3.63) is 72.8 Å². The van der Waals surface area contributed by atoms with E-state index in [1.165, 1.54) is 0 Å². The van der Waals surface area contributed by atoms with Crippen LogP contribution in [0, 0.1) is 5.92 Å². The summed E-state index contributed by atoms with van der Waals surface area (Å²) in [6, 6.07) is 14.0. The van der Waals surface area contributed by atoms with Crippen molar-refractivity contribution in [3.63, 3.8) is 0 Å². The number of carbonyl (C=O) groups excluding carboxylic acids is 1. The summed E-state index contributed by atoms with van der Waals surface area (Å²) in [6.07, 6.45) is 8.79. The smallest absolute Gasteiger partial charge is 0.225 e. The van der Waals surface area contributed by atoms with E-state index in [0.29, 0.717) is 13.1 Å². The Morgan fingerprint density at radius 1 is 1.10 bits per heavy atom. The maximum Gasteiger partial charge on any atom is 0.225 e. The van der Waals surface area contributed by atoms with Crippen LogP contribution in [0.2, 0.25) is 0 Å². The number of aromatic nitrogens is 3. The van der Waals surface area contributed by atoms with Gasteiger partial charge in [0, 0.05) is 49.3 Å². The van der Waals surface area contributed by atoms with Crippen LogP contribution in [-0.2, 0) is 11.3 Å². The highest BCUT2D eigenvalue weighted by atomic mass is 32.2. The van der Waals surface area contributed by atoms with Gasteiger partial charge in [-0.3, -0.25) is 9.78 Å². The van der Waals surface area contributed by atoms with Gasteiger partial charge in [0.25, 0.3) is 0 Å². The number of pyridine rings is 1. The van der Waals surface area contributed by atoms with Crippen LogP contribution >= 0.6 is 11.8 Å². The van der Waals surface area contributed by atoms with Gasteiger partial charge in [0.15, 0.2) is 5.82 Å². The molecule has 1 aliphatic rings. The van der Waals surface area contributed by atoms with Gasteiger partial charge in [-0.1, -0.05) is 36.0 Å². The second kappa shape index (κ2) is 9.52. The Hall–Kier alpha value is -2.93. The molecule has 1 amide bonds. The summed E-state index contributed by atoms with van der Waals surface area (Å²) in [5.41, 5.74) is 1.00. The molecule has 0 radical (unpaired) electrons. The highest BCUT2D eigenvalue weighted by molar-refractivity contribution is 7.99. The Bertz CT molecular complexity index is 938. The minimum absolute atomic E-state index is 0.0583. The lowest BCUT2D eigenvalue weighted by molar-refractivity contribution is -0.125. The Morgan fingerprint density at radius 2 is 1.97 bits per heavy atom. The molecule has 0 saturated carbocycles. The zero-order valence-corrected chi connectivity index (χ0v) is 16.9. The molecule has 4 rings (SSSR count). The Kier molecular flexibility index (Phi) is 6.36. The Balaban J connectivity index is 1.42. The molecule has 6 nitrogen and oxygen atoms in total. The van der Waals surface area contributed by atoms with Crippen molar-refractivity contribution in [2.75, 3.05) is 18.0 Å². The van der Waals surface area contributed by atoms with E-state index in [1.807, 2.05) is 30.3 Å². The van der Waals surface area contributed by atoms with Gasteiger partial charge in [-0.05, 0) is 36.6 Å². The lowest BCUT2D eigenvalue weighted by Gasteiger charge is -2.33. The first-order chi connectivity index (χ1) is 14.3. The summed E-state index contributed by atoms with van der Waals surface area (Å²) in [5, 5.41) is 3.92. The van der Waals surface area contributed by atoms with E-state index in [2.05, 4.69) is 37.3 Å². The summed E-state index contributed by atoms with van der Waals surface area (Å²) in [6.45, 7) is 2.04. The van der Waals surface area contributed by atoms with Crippen molar-refractivity contribution in [1.82, 2.24) is 20.3 Å². The van der Waals surface area contributed by atoms with Crippen LogP contribution in [0.25, 0.3) is 0 Å². The number of hydrogen-bond donors (Lipinski definition) is 1. The van der Waals surface area contributed by atoms with Crippen molar-refractivity contribution >= 4 is 23.5 Å². The van der Waals surface area contributed by atoms with Crippen LogP contribution < -0.4 is 10.2 Å². The highest BCUT2D eigenvalue weighted by Crippen LogP contribution is 2.33. The molecule has 0 aliphatic carbocycles. The summed E-state index contributed by atoms with van der Waals surface area (Å²) in [7, 11) is 0. The number of carbonyl (C=O) groups is 1. The van der Waals surface area contributed by atoms with E-state index < -0.39 is 0 Å². The lowest BCUT2D eigenvalue weighted by Crippen LogP contribution is -2.43. The average molecular weight is 406 g/mol. The van der Waals surface area contributed by atoms with Crippen LogP contribution in [0.1, 0.15) is 18.4 Å². The normalized spacial score (nSPS) is 16.4. The van der Waals surface area contributed by atoms with Gasteiger partial charge in [0.2, 0.25) is 5.91 Å². The fourth-order valence-electron chi connectivity index (χ4n) is 3.43. The molecular formula is C22H23N5OS. The molecule has 0 bridgehead atoms. The number of hydrogen-bond acceptors (Lipinski definition) is 6. The average Bonchev–Trinajstić information content (AvgIpc) is 2.79. The Morgan fingerprint density at radius 3 is 2.79 bits per heavy atom. The summed E-state index contributed by atoms with van der Waals surface area (Å²) >= 11 is 1.60. The van der Waals surface area contributed by atoms with Crippen molar-refractivity contribution in [2.24, 2.45) is 5.92 Å².